The summed E-state index contributed by atoms with van der Waals surface area (Å²) in [6, 6.07) is 19.9. The number of allylic oxidation sites excluding steroid dienone is 1. The van der Waals surface area contributed by atoms with Crippen LogP contribution in [-0.4, -0.2) is 18.3 Å². The molecule has 1 N–H and O–H groups in total. The highest BCUT2D eigenvalue weighted by Gasteiger charge is 2.23. The lowest BCUT2D eigenvalue weighted by atomic mass is 9.97. The van der Waals surface area contributed by atoms with Gasteiger partial charge in [-0.2, -0.15) is 0 Å². The summed E-state index contributed by atoms with van der Waals surface area (Å²) in [4.78, 5) is 4.65. The first-order chi connectivity index (χ1) is 10.9. The second-order valence-corrected chi connectivity index (χ2v) is 6.04. The SMILES string of the molecule is C1=C(c2ccc(-c3ccccc3)cc2)CC([C@@H]2CCCN2)=N1. The molecule has 0 unspecified atom stereocenters. The van der Waals surface area contributed by atoms with Crippen molar-refractivity contribution in [1.82, 2.24) is 5.32 Å². The van der Waals surface area contributed by atoms with E-state index in [0.717, 1.165) is 13.0 Å². The molecule has 2 nitrogen and oxygen atoms in total. The lowest BCUT2D eigenvalue weighted by molar-refractivity contribution is 0.756. The molecule has 22 heavy (non-hydrogen) atoms. The predicted molar refractivity (Wildman–Crippen MR) is 92.9 cm³/mol. The van der Waals surface area contributed by atoms with Crippen LogP contribution in [0.4, 0.5) is 0 Å². The number of benzene rings is 2. The number of aliphatic imine (C=N–C) groups is 1. The molecule has 2 aliphatic heterocycles. The molecule has 0 saturated carbocycles. The monoisotopic (exact) mass is 288 g/mol. The Morgan fingerprint density at radius 1 is 0.864 bits per heavy atom. The maximum Gasteiger partial charge on any atom is 0.0459 e. The molecule has 2 heterocycles. The lowest BCUT2D eigenvalue weighted by Gasteiger charge is -2.11. The first-order valence-electron chi connectivity index (χ1n) is 8.05. The Labute approximate surface area is 131 Å². The first-order valence-corrected chi connectivity index (χ1v) is 8.05. The molecule has 0 aromatic heterocycles. The van der Waals surface area contributed by atoms with Gasteiger partial charge in [0.15, 0.2) is 0 Å². The molecule has 4 rings (SSSR count). The van der Waals surface area contributed by atoms with Crippen LogP contribution >= 0.6 is 0 Å². The largest absolute Gasteiger partial charge is 0.309 e. The molecule has 1 fully saturated rings. The van der Waals surface area contributed by atoms with Crippen molar-refractivity contribution in [2.75, 3.05) is 6.54 Å². The molecule has 1 saturated heterocycles. The van der Waals surface area contributed by atoms with E-state index in [1.54, 1.807) is 0 Å². The number of nitrogens with one attached hydrogen (secondary N) is 1. The van der Waals surface area contributed by atoms with E-state index in [4.69, 9.17) is 0 Å². The van der Waals surface area contributed by atoms with E-state index in [-0.39, 0.29) is 0 Å². The molecule has 0 amide bonds. The van der Waals surface area contributed by atoms with Gasteiger partial charge in [-0.25, -0.2) is 0 Å². The van der Waals surface area contributed by atoms with Gasteiger partial charge >= 0.3 is 0 Å². The molecular weight excluding hydrogens is 268 g/mol. The van der Waals surface area contributed by atoms with Crippen molar-refractivity contribution in [3.05, 3.63) is 66.4 Å². The minimum atomic E-state index is 0.498. The average molecular weight is 288 g/mol. The average Bonchev–Trinajstić information content (AvgIpc) is 3.27. The van der Waals surface area contributed by atoms with Gasteiger partial charge in [-0.3, -0.25) is 4.99 Å². The standard InChI is InChI=1S/C20H20N2/c1-2-5-15(6-3-1)16-8-10-17(11-9-16)18-13-20(22-14-18)19-7-4-12-21-19/h1-3,5-6,8-11,14,19,21H,4,7,12-13H2/t19-/m0/s1. The highest BCUT2D eigenvalue weighted by molar-refractivity contribution is 6.01. The van der Waals surface area contributed by atoms with Crippen LogP contribution in [0.15, 0.2) is 65.8 Å². The van der Waals surface area contributed by atoms with Gasteiger partial charge in [0.05, 0.1) is 0 Å². The van der Waals surface area contributed by atoms with E-state index in [0.29, 0.717) is 6.04 Å². The van der Waals surface area contributed by atoms with Gasteiger partial charge in [0, 0.05) is 24.4 Å². The van der Waals surface area contributed by atoms with Gasteiger partial charge < -0.3 is 5.32 Å². The van der Waals surface area contributed by atoms with Crippen LogP contribution in [0.2, 0.25) is 0 Å². The van der Waals surface area contributed by atoms with E-state index < -0.39 is 0 Å². The second-order valence-electron chi connectivity index (χ2n) is 6.04. The maximum absolute atomic E-state index is 4.65. The second kappa shape index (κ2) is 5.90. The zero-order valence-electron chi connectivity index (χ0n) is 12.6. The van der Waals surface area contributed by atoms with Crippen LogP contribution in [0.1, 0.15) is 24.8 Å². The number of hydrogen-bond donors (Lipinski definition) is 1. The van der Waals surface area contributed by atoms with Crippen molar-refractivity contribution in [1.29, 1.82) is 0 Å². The van der Waals surface area contributed by atoms with Crippen LogP contribution in [0, 0.1) is 0 Å². The van der Waals surface area contributed by atoms with Gasteiger partial charge in [-0.1, -0.05) is 54.6 Å². The summed E-state index contributed by atoms with van der Waals surface area (Å²) < 4.78 is 0. The zero-order chi connectivity index (χ0) is 14.8. The Morgan fingerprint density at radius 3 is 2.32 bits per heavy atom. The number of rotatable bonds is 3. The molecule has 0 radical (unpaired) electrons. The molecular formula is C20H20N2. The van der Waals surface area contributed by atoms with Crippen molar-refractivity contribution in [3.63, 3.8) is 0 Å². The third-order valence-electron chi connectivity index (χ3n) is 4.58. The van der Waals surface area contributed by atoms with E-state index >= 15 is 0 Å². The number of nitrogens with zero attached hydrogens (tertiary/aromatic N) is 1. The summed E-state index contributed by atoms with van der Waals surface area (Å²) in [6.07, 6.45) is 5.53. The van der Waals surface area contributed by atoms with Crippen LogP contribution in [0.25, 0.3) is 16.7 Å². The molecule has 0 bridgehead atoms. The van der Waals surface area contributed by atoms with Crippen LogP contribution in [-0.2, 0) is 0 Å². The molecule has 0 aliphatic carbocycles. The minimum Gasteiger partial charge on any atom is -0.309 e. The smallest absolute Gasteiger partial charge is 0.0459 e. The van der Waals surface area contributed by atoms with Gasteiger partial charge in [0.2, 0.25) is 0 Å². The van der Waals surface area contributed by atoms with Crippen LogP contribution < -0.4 is 5.32 Å². The Kier molecular flexibility index (Phi) is 3.61. The normalized spacial score (nSPS) is 20.8. The summed E-state index contributed by atoms with van der Waals surface area (Å²) in [5.41, 5.74) is 6.46. The minimum absolute atomic E-state index is 0.498. The third-order valence-corrected chi connectivity index (χ3v) is 4.58. The summed E-state index contributed by atoms with van der Waals surface area (Å²) in [6.45, 7) is 1.13. The van der Waals surface area contributed by atoms with Crippen molar-refractivity contribution in [2.24, 2.45) is 4.99 Å². The van der Waals surface area contributed by atoms with Gasteiger partial charge in [0.1, 0.15) is 0 Å². The zero-order valence-corrected chi connectivity index (χ0v) is 12.6. The Balaban J connectivity index is 1.48. The quantitative estimate of drug-likeness (QED) is 0.895. The Bertz CT molecular complexity index is 705. The highest BCUT2D eigenvalue weighted by atomic mass is 15.0. The van der Waals surface area contributed by atoms with E-state index in [9.17, 15) is 0 Å². The van der Waals surface area contributed by atoms with Crippen molar-refractivity contribution < 1.29 is 0 Å². The summed E-state index contributed by atoms with van der Waals surface area (Å²) in [7, 11) is 0. The molecule has 2 heteroatoms. The van der Waals surface area contributed by atoms with E-state index in [2.05, 4.69) is 64.9 Å². The molecule has 110 valence electrons. The van der Waals surface area contributed by atoms with Gasteiger partial charge in [-0.05, 0) is 41.6 Å². The van der Waals surface area contributed by atoms with Crippen molar-refractivity contribution in [2.45, 2.75) is 25.3 Å². The fraction of sp³-hybridized carbons (Fsp3) is 0.250. The van der Waals surface area contributed by atoms with Gasteiger partial charge in [-0.15, -0.1) is 0 Å². The fourth-order valence-electron chi connectivity index (χ4n) is 3.31. The van der Waals surface area contributed by atoms with E-state index in [1.165, 1.54) is 40.8 Å². The Morgan fingerprint density at radius 2 is 1.59 bits per heavy atom. The van der Waals surface area contributed by atoms with Crippen molar-refractivity contribution in [3.8, 4) is 11.1 Å². The lowest BCUT2D eigenvalue weighted by Crippen LogP contribution is -2.29. The summed E-state index contributed by atoms with van der Waals surface area (Å²) >= 11 is 0. The molecule has 2 aliphatic rings. The van der Waals surface area contributed by atoms with Crippen molar-refractivity contribution >= 4 is 11.3 Å². The van der Waals surface area contributed by atoms with E-state index in [1.807, 2.05) is 6.20 Å². The topological polar surface area (TPSA) is 24.4 Å². The molecule has 1 atom stereocenters. The number of hydrogen-bond acceptors (Lipinski definition) is 2. The third kappa shape index (κ3) is 2.62. The van der Waals surface area contributed by atoms with Crippen LogP contribution in [0.5, 0.6) is 0 Å². The first kappa shape index (κ1) is 13.5. The molecule has 0 spiro atoms. The Hall–Kier alpha value is -2.19. The molecule has 2 aromatic carbocycles. The maximum atomic E-state index is 4.65. The summed E-state index contributed by atoms with van der Waals surface area (Å²) in [5, 5.41) is 3.54. The van der Waals surface area contributed by atoms with Crippen LogP contribution in [0.3, 0.4) is 0 Å². The summed E-state index contributed by atoms with van der Waals surface area (Å²) in [5.74, 6) is 0. The predicted octanol–water partition coefficient (Wildman–Crippen LogP) is 4.29. The van der Waals surface area contributed by atoms with Gasteiger partial charge in [0.25, 0.3) is 0 Å². The molecule has 2 aromatic rings. The highest BCUT2D eigenvalue weighted by Crippen LogP contribution is 2.28. The fourth-order valence-corrected chi connectivity index (χ4v) is 3.31.